The topological polar surface area (TPSA) is 39.4 Å². The summed E-state index contributed by atoms with van der Waals surface area (Å²) in [5, 5.41) is 0.488. The first-order chi connectivity index (χ1) is 14.3. The molecule has 4 aromatic rings. The highest BCUT2D eigenvalue weighted by molar-refractivity contribution is 6.33. The van der Waals surface area contributed by atoms with E-state index in [1.165, 1.54) is 32.1 Å². The number of halogens is 1. The van der Waals surface area contributed by atoms with Crippen molar-refractivity contribution in [3.8, 4) is 22.8 Å². The molecule has 2 heterocycles. The van der Waals surface area contributed by atoms with Crippen molar-refractivity contribution in [1.29, 1.82) is 0 Å². The lowest BCUT2D eigenvalue weighted by molar-refractivity contribution is 0.428. The highest BCUT2D eigenvalue weighted by Crippen LogP contribution is 2.37. The van der Waals surface area contributed by atoms with Gasteiger partial charge >= 0.3 is 0 Å². The molecule has 0 atom stereocenters. The average molecular weight is 404 g/mol. The van der Waals surface area contributed by atoms with Gasteiger partial charge < -0.3 is 4.74 Å². The monoisotopic (exact) mass is 403 g/mol. The maximum Gasteiger partial charge on any atom is 0.155 e. The molecule has 2 aromatic carbocycles. The highest BCUT2D eigenvalue weighted by atomic mass is 35.5. The minimum Gasteiger partial charge on any atom is -0.457 e. The molecule has 29 heavy (non-hydrogen) atoms. The Kier molecular flexibility index (Phi) is 4.94. The van der Waals surface area contributed by atoms with Gasteiger partial charge in [0.05, 0.1) is 5.69 Å². The highest BCUT2D eigenvalue weighted by Gasteiger charge is 2.24. The third-order valence-corrected chi connectivity index (χ3v) is 5.89. The summed E-state index contributed by atoms with van der Waals surface area (Å²) in [6.45, 7) is 0. The zero-order chi connectivity index (χ0) is 19.6. The van der Waals surface area contributed by atoms with Crippen LogP contribution >= 0.6 is 11.6 Å². The Morgan fingerprint density at radius 2 is 1.62 bits per heavy atom. The fourth-order valence-corrected chi connectivity index (χ4v) is 4.42. The lowest BCUT2D eigenvalue weighted by atomic mass is 9.89. The number of hydrogen-bond donors (Lipinski definition) is 0. The van der Waals surface area contributed by atoms with Gasteiger partial charge in [0.1, 0.15) is 22.8 Å². The second-order valence-electron chi connectivity index (χ2n) is 7.53. The van der Waals surface area contributed by atoms with Gasteiger partial charge in [-0.05, 0) is 49.2 Å². The standard InChI is InChI=1S/C24H22ClN3O/c25-23-22-21(17-11-13-20(14-12-17)29-19-9-5-2-6-10-19)27-24(28(22)16-15-26-23)18-7-3-1-4-8-18/h2,5-6,9-16,18H,1,3-4,7-8H2. The second-order valence-corrected chi connectivity index (χ2v) is 7.89. The van der Waals surface area contributed by atoms with Gasteiger partial charge in [-0.15, -0.1) is 0 Å². The maximum atomic E-state index is 6.51. The SMILES string of the molecule is Clc1nccn2c(C3CCCCC3)nc(-c3ccc(Oc4ccccc4)cc3)c12. The van der Waals surface area contributed by atoms with Crippen molar-refractivity contribution in [2.24, 2.45) is 0 Å². The fraction of sp³-hybridized carbons (Fsp3) is 0.250. The van der Waals surface area contributed by atoms with Crippen LogP contribution in [0.2, 0.25) is 5.15 Å². The first-order valence-electron chi connectivity index (χ1n) is 10.2. The van der Waals surface area contributed by atoms with Crippen LogP contribution < -0.4 is 4.74 Å². The maximum absolute atomic E-state index is 6.51. The number of hydrogen-bond acceptors (Lipinski definition) is 3. The van der Waals surface area contributed by atoms with E-state index in [-0.39, 0.29) is 0 Å². The molecular formula is C24H22ClN3O. The summed E-state index contributed by atoms with van der Waals surface area (Å²) in [4.78, 5) is 9.36. The van der Waals surface area contributed by atoms with Crippen LogP contribution in [0.5, 0.6) is 11.5 Å². The van der Waals surface area contributed by atoms with Gasteiger partial charge in [-0.2, -0.15) is 0 Å². The Bertz CT molecular complexity index is 1120. The van der Waals surface area contributed by atoms with Gasteiger partial charge in [0.15, 0.2) is 5.15 Å². The van der Waals surface area contributed by atoms with Crippen molar-refractivity contribution < 1.29 is 4.74 Å². The summed E-state index contributed by atoms with van der Waals surface area (Å²) in [6.07, 6.45) is 9.94. The quantitative estimate of drug-likeness (QED) is 0.372. The zero-order valence-electron chi connectivity index (χ0n) is 16.1. The fourth-order valence-electron chi connectivity index (χ4n) is 4.18. The Hall–Kier alpha value is -2.85. The van der Waals surface area contributed by atoms with E-state index < -0.39 is 0 Å². The summed E-state index contributed by atoms with van der Waals surface area (Å²) in [6, 6.07) is 17.8. The second kappa shape index (κ2) is 7.88. The van der Waals surface area contributed by atoms with Crippen LogP contribution in [0, 0.1) is 0 Å². The zero-order valence-corrected chi connectivity index (χ0v) is 16.8. The molecule has 0 radical (unpaired) electrons. The van der Waals surface area contributed by atoms with Crippen LogP contribution in [-0.4, -0.2) is 14.4 Å². The van der Waals surface area contributed by atoms with Crippen molar-refractivity contribution >= 4 is 17.1 Å². The molecule has 0 amide bonds. The molecule has 0 saturated heterocycles. The molecule has 0 aliphatic heterocycles. The van der Waals surface area contributed by atoms with Gasteiger partial charge in [-0.3, -0.25) is 4.40 Å². The van der Waals surface area contributed by atoms with Gasteiger partial charge in [-0.1, -0.05) is 49.1 Å². The first kappa shape index (κ1) is 18.2. The minimum atomic E-state index is 0.476. The normalized spacial score (nSPS) is 14.9. The molecule has 1 aliphatic rings. The Morgan fingerprint density at radius 1 is 0.897 bits per heavy atom. The number of imidazole rings is 1. The molecule has 146 valence electrons. The van der Waals surface area contributed by atoms with Gasteiger partial charge in [0.2, 0.25) is 0 Å². The van der Waals surface area contributed by atoms with E-state index in [1.807, 2.05) is 60.8 Å². The number of benzene rings is 2. The van der Waals surface area contributed by atoms with Gasteiger partial charge in [-0.25, -0.2) is 9.97 Å². The molecule has 5 heteroatoms. The summed E-state index contributed by atoms with van der Waals surface area (Å²) >= 11 is 6.51. The molecule has 1 saturated carbocycles. The largest absolute Gasteiger partial charge is 0.457 e. The van der Waals surface area contributed by atoms with Crippen LogP contribution in [0.4, 0.5) is 0 Å². The van der Waals surface area contributed by atoms with Crippen molar-refractivity contribution in [3.63, 3.8) is 0 Å². The van der Waals surface area contributed by atoms with Crippen molar-refractivity contribution in [2.45, 2.75) is 38.0 Å². The van der Waals surface area contributed by atoms with Crippen molar-refractivity contribution in [3.05, 3.63) is 78.0 Å². The molecule has 5 rings (SSSR count). The van der Waals surface area contributed by atoms with E-state index in [9.17, 15) is 0 Å². The number of fused-ring (bicyclic) bond motifs is 1. The van der Waals surface area contributed by atoms with Crippen LogP contribution in [0.3, 0.4) is 0 Å². The number of para-hydroxylation sites is 1. The van der Waals surface area contributed by atoms with Crippen molar-refractivity contribution in [2.75, 3.05) is 0 Å². The number of aromatic nitrogens is 3. The summed E-state index contributed by atoms with van der Waals surface area (Å²) in [7, 11) is 0. The molecule has 0 spiro atoms. The van der Waals surface area contributed by atoms with Gasteiger partial charge in [0, 0.05) is 23.9 Å². The smallest absolute Gasteiger partial charge is 0.155 e. The van der Waals surface area contributed by atoms with Crippen LogP contribution in [0.15, 0.2) is 67.0 Å². The molecule has 0 bridgehead atoms. The van der Waals surface area contributed by atoms with E-state index in [1.54, 1.807) is 6.20 Å². The molecule has 2 aromatic heterocycles. The van der Waals surface area contributed by atoms with E-state index in [2.05, 4.69) is 9.38 Å². The lowest BCUT2D eigenvalue weighted by Gasteiger charge is -2.20. The lowest BCUT2D eigenvalue weighted by Crippen LogP contribution is -2.08. The number of rotatable bonds is 4. The molecule has 1 aliphatic carbocycles. The van der Waals surface area contributed by atoms with E-state index in [0.29, 0.717) is 11.1 Å². The summed E-state index contributed by atoms with van der Waals surface area (Å²) in [5.74, 6) is 3.19. The molecule has 1 fully saturated rings. The Balaban J connectivity index is 1.52. The van der Waals surface area contributed by atoms with E-state index in [0.717, 1.165) is 34.1 Å². The van der Waals surface area contributed by atoms with Crippen molar-refractivity contribution in [1.82, 2.24) is 14.4 Å². The summed E-state index contributed by atoms with van der Waals surface area (Å²) in [5.41, 5.74) is 2.78. The Labute approximate surface area is 175 Å². The first-order valence-corrected chi connectivity index (χ1v) is 10.5. The average Bonchev–Trinajstić information content (AvgIpc) is 3.17. The predicted octanol–water partition coefficient (Wildman–Crippen LogP) is 6.89. The van der Waals surface area contributed by atoms with Crippen LogP contribution in [0.1, 0.15) is 43.8 Å². The van der Waals surface area contributed by atoms with Crippen LogP contribution in [-0.2, 0) is 0 Å². The molecule has 0 N–H and O–H groups in total. The van der Waals surface area contributed by atoms with E-state index in [4.69, 9.17) is 21.3 Å². The van der Waals surface area contributed by atoms with Crippen LogP contribution in [0.25, 0.3) is 16.8 Å². The number of nitrogens with zero attached hydrogens (tertiary/aromatic N) is 3. The molecular weight excluding hydrogens is 382 g/mol. The third kappa shape index (κ3) is 3.60. The molecule has 4 nitrogen and oxygen atoms in total. The third-order valence-electron chi connectivity index (χ3n) is 5.61. The number of ether oxygens (including phenoxy) is 1. The minimum absolute atomic E-state index is 0.476. The predicted molar refractivity (Wildman–Crippen MR) is 116 cm³/mol. The van der Waals surface area contributed by atoms with Gasteiger partial charge in [0.25, 0.3) is 0 Å². The summed E-state index contributed by atoms with van der Waals surface area (Å²) < 4.78 is 8.05. The Morgan fingerprint density at radius 3 is 2.38 bits per heavy atom. The molecule has 0 unspecified atom stereocenters. The van der Waals surface area contributed by atoms with E-state index >= 15 is 0 Å².